The lowest BCUT2D eigenvalue weighted by Crippen LogP contribution is -2.60. The normalized spacial score (nSPS) is 20.9. The summed E-state index contributed by atoms with van der Waals surface area (Å²) >= 11 is 0. The first-order valence-corrected chi connectivity index (χ1v) is 11.9. The molecule has 1 aliphatic heterocycles. The van der Waals surface area contributed by atoms with E-state index in [0.29, 0.717) is 38.3 Å². The van der Waals surface area contributed by atoms with Crippen molar-refractivity contribution >= 4 is 11.6 Å². The minimum atomic E-state index is -1.58. The van der Waals surface area contributed by atoms with Gasteiger partial charge in [-0.25, -0.2) is 8.78 Å². The number of rotatable bonds is 4. The summed E-state index contributed by atoms with van der Waals surface area (Å²) < 4.78 is 28.6. The molecule has 1 heterocycles. The average Bonchev–Trinajstić information content (AvgIpc) is 3.05. The molecule has 2 aliphatic rings. The highest BCUT2D eigenvalue weighted by Crippen LogP contribution is 2.44. The predicted molar refractivity (Wildman–Crippen MR) is 131 cm³/mol. The monoisotopic (exact) mass is 474 g/mol. The largest absolute Gasteiger partial charge is 0.297 e. The Kier molecular flexibility index (Phi) is 5.90. The molecule has 35 heavy (non-hydrogen) atoms. The molecule has 3 aromatic rings. The molecule has 1 saturated heterocycles. The lowest BCUT2D eigenvalue weighted by molar-refractivity contribution is 0.0277. The minimum absolute atomic E-state index is 0.116. The summed E-state index contributed by atoms with van der Waals surface area (Å²) in [6.07, 6.45) is 0. The first-order chi connectivity index (χ1) is 16.7. The Hall–Kier alpha value is -3.22. The van der Waals surface area contributed by atoms with E-state index in [-0.39, 0.29) is 22.7 Å². The molecular formula is C29H28F2N2O2. The molecule has 3 aromatic carbocycles. The maximum absolute atomic E-state index is 14.8. The van der Waals surface area contributed by atoms with Gasteiger partial charge in [-0.1, -0.05) is 47.5 Å². The summed E-state index contributed by atoms with van der Waals surface area (Å²) in [7, 11) is 0. The van der Waals surface area contributed by atoms with Gasteiger partial charge < -0.3 is 0 Å². The average molecular weight is 475 g/mol. The topological polar surface area (TPSA) is 40.6 Å². The molecule has 1 fully saturated rings. The fraction of sp³-hybridized carbons (Fsp3) is 0.310. The van der Waals surface area contributed by atoms with Crippen LogP contribution in [0.5, 0.6) is 0 Å². The van der Waals surface area contributed by atoms with Gasteiger partial charge in [0.25, 0.3) is 0 Å². The van der Waals surface area contributed by atoms with E-state index in [1.807, 2.05) is 43.9 Å². The fourth-order valence-corrected chi connectivity index (χ4v) is 5.63. The van der Waals surface area contributed by atoms with E-state index in [1.54, 1.807) is 18.2 Å². The van der Waals surface area contributed by atoms with Gasteiger partial charge in [-0.2, -0.15) is 0 Å². The highest BCUT2D eigenvalue weighted by molar-refractivity contribution is 6.33. The molecule has 1 unspecified atom stereocenters. The Bertz CT molecular complexity index is 1320. The molecule has 0 N–H and O–H groups in total. The summed E-state index contributed by atoms with van der Waals surface area (Å²) in [4.78, 5) is 32.1. The van der Waals surface area contributed by atoms with Crippen molar-refractivity contribution in [2.75, 3.05) is 26.2 Å². The lowest BCUT2D eigenvalue weighted by atomic mass is 9.81. The van der Waals surface area contributed by atoms with Crippen LogP contribution in [0.2, 0.25) is 0 Å². The van der Waals surface area contributed by atoms with Gasteiger partial charge in [0.15, 0.2) is 17.1 Å². The molecule has 0 radical (unpaired) electrons. The van der Waals surface area contributed by atoms with E-state index in [1.165, 1.54) is 18.2 Å². The lowest BCUT2D eigenvalue weighted by Gasteiger charge is -2.44. The zero-order valence-electron chi connectivity index (χ0n) is 20.2. The summed E-state index contributed by atoms with van der Waals surface area (Å²) in [6.45, 7) is 8.52. The molecule has 0 saturated carbocycles. The van der Waals surface area contributed by atoms with Crippen molar-refractivity contribution in [3.63, 3.8) is 0 Å². The fourth-order valence-electron chi connectivity index (χ4n) is 5.63. The van der Waals surface area contributed by atoms with Crippen LogP contribution in [0.1, 0.15) is 48.5 Å². The smallest absolute Gasteiger partial charge is 0.199 e. The molecule has 0 aromatic heterocycles. The van der Waals surface area contributed by atoms with E-state index < -0.39 is 17.1 Å². The number of benzene rings is 3. The van der Waals surface area contributed by atoms with Crippen LogP contribution in [-0.4, -0.2) is 47.5 Å². The predicted octanol–water partition coefficient (Wildman–Crippen LogP) is 4.98. The first-order valence-electron chi connectivity index (χ1n) is 11.9. The third-order valence-electron chi connectivity index (χ3n) is 7.33. The van der Waals surface area contributed by atoms with E-state index >= 15 is 0 Å². The number of carbonyl (C=O) groups excluding carboxylic acids is 2. The van der Waals surface area contributed by atoms with Crippen LogP contribution in [0.4, 0.5) is 8.78 Å². The van der Waals surface area contributed by atoms with Gasteiger partial charge in [0.1, 0.15) is 11.6 Å². The summed E-state index contributed by atoms with van der Waals surface area (Å²) in [5.41, 5.74) is 2.87. The van der Waals surface area contributed by atoms with E-state index in [4.69, 9.17) is 0 Å². The Balaban J connectivity index is 1.51. The van der Waals surface area contributed by atoms with Gasteiger partial charge in [-0.3, -0.25) is 19.4 Å². The number of fused-ring (bicyclic) bond motifs is 1. The minimum Gasteiger partial charge on any atom is -0.297 e. The number of ketones is 2. The third kappa shape index (κ3) is 3.81. The standard InChI is InChI=1S/C29H28F2N2O2/c1-18-13-19(2)15-22(14-18)29(27(34)24-5-4-6-25(31)26(24)28(29)35)33-11-9-32(10-12-33)17-21-16-23(30)8-7-20(21)3/h4-8,13-16H,9-12,17H2,1-3H3. The summed E-state index contributed by atoms with van der Waals surface area (Å²) in [5, 5.41) is 0. The molecule has 6 heteroatoms. The second-order valence-electron chi connectivity index (χ2n) is 9.74. The maximum atomic E-state index is 14.8. The van der Waals surface area contributed by atoms with Gasteiger partial charge in [-0.05, 0) is 55.7 Å². The highest BCUT2D eigenvalue weighted by atomic mass is 19.1. The van der Waals surface area contributed by atoms with Crippen LogP contribution in [0, 0.1) is 32.4 Å². The Morgan fingerprint density at radius 2 is 1.51 bits per heavy atom. The molecule has 0 spiro atoms. The Morgan fingerprint density at radius 3 is 2.17 bits per heavy atom. The van der Waals surface area contributed by atoms with Crippen molar-refractivity contribution in [1.29, 1.82) is 0 Å². The SMILES string of the molecule is Cc1cc(C)cc(C2(N3CCN(Cc4cc(F)ccc4C)CC3)C(=O)c3cccc(F)c3C2=O)c1. The van der Waals surface area contributed by atoms with Crippen molar-refractivity contribution in [3.05, 3.63) is 105 Å². The van der Waals surface area contributed by atoms with Crippen molar-refractivity contribution in [2.24, 2.45) is 0 Å². The molecule has 5 rings (SSSR count). The Morgan fingerprint density at radius 1 is 0.829 bits per heavy atom. The molecular weight excluding hydrogens is 446 g/mol. The maximum Gasteiger partial charge on any atom is 0.199 e. The highest BCUT2D eigenvalue weighted by Gasteiger charge is 2.59. The number of hydrogen-bond donors (Lipinski definition) is 0. The van der Waals surface area contributed by atoms with Gasteiger partial charge in [0.2, 0.25) is 0 Å². The molecule has 0 bridgehead atoms. The second kappa shape index (κ2) is 8.77. The number of carbonyl (C=O) groups is 2. The van der Waals surface area contributed by atoms with Crippen LogP contribution in [0.25, 0.3) is 0 Å². The van der Waals surface area contributed by atoms with Crippen LogP contribution in [0.3, 0.4) is 0 Å². The molecule has 180 valence electrons. The van der Waals surface area contributed by atoms with Gasteiger partial charge >= 0.3 is 0 Å². The number of hydrogen-bond acceptors (Lipinski definition) is 4. The van der Waals surface area contributed by atoms with Gasteiger partial charge in [0, 0.05) is 38.3 Å². The number of aryl methyl sites for hydroxylation is 3. The van der Waals surface area contributed by atoms with Gasteiger partial charge in [-0.15, -0.1) is 0 Å². The number of halogens is 2. The molecule has 1 aliphatic carbocycles. The quantitative estimate of drug-likeness (QED) is 0.500. The van der Waals surface area contributed by atoms with Crippen molar-refractivity contribution in [1.82, 2.24) is 9.80 Å². The molecule has 0 amide bonds. The number of nitrogens with zero attached hydrogens (tertiary/aromatic N) is 2. The van der Waals surface area contributed by atoms with Crippen molar-refractivity contribution < 1.29 is 18.4 Å². The van der Waals surface area contributed by atoms with Crippen molar-refractivity contribution in [3.8, 4) is 0 Å². The first kappa shape index (κ1) is 23.5. The van der Waals surface area contributed by atoms with Crippen LogP contribution >= 0.6 is 0 Å². The zero-order valence-corrected chi connectivity index (χ0v) is 20.2. The molecule has 1 atom stereocenters. The zero-order chi connectivity index (χ0) is 24.9. The van der Waals surface area contributed by atoms with Crippen LogP contribution in [-0.2, 0) is 12.1 Å². The van der Waals surface area contributed by atoms with Crippen LogP contribution < -0.4 is 0 Å². The van der Waals surface area contributed by atoms with Crippen molar-refractivity contribution in [2.45, 2.75) is 32.9 Å². The van der Waals surface area contributed by atoms with E-state index in [9.17, 15) is 18.4 Å². The van der Waals surface area contributed by atoms with Crippen LogP contribution in [0.15, 0.2) is 54.6 Å². The summed E-state index contributed by atoms with van der Waals surface area (Å²) in [5.74, 6) is -1.78. The van der Waals surface area contributed by atoms with Gasteiger partial charge in [0.05, 0.1) is 5.56 Å². The number of Topliss-reactive ketones (excluding diaryl/α,β-unsaturated/α-hetero) is 2. The third-order valence-corrected chi connectivity index (χ3v) is 7.33. The summed E-state index contributed by atoms with van der Waals surface area (Å²) in [6, 6.07) is 14.8. The second-order valence-corrected chi connectivity index (χ2v) is 9.74. The molecule has 4 nitrogen and oxygen atoms in total. The number of piperazine rings is 1. The van der Waals surface area contributed by atoms with E-state index in [2.05, 4.69) is 4.90 Å². The Labute approximate surface area is 204 Å². The van der Waals surface area contributed by atoms with E-state index in [0.717, 1.165) is 22.3 Å².